The first-order valence-corrected chi connectivity index (χ1v) is 8.74. The standard InChI is InChI=1S/C19H26N2O3/c1-14-19(16-5-2-3-6-17(16)20-14)18(23)13-21-9-7-15(8-10-21)24-12-4-11-22/h2-3,5-6,15,20,22H,4,7-13H2,1H3. The van der Waals surface area contributed by atoms with Crippen LogP contribution >= 0.6 is 0 Å². The van der Waals surface area contributed by atoms with Crippen molar-refractivity contribution < 1.29 is 14.6 Å². The summed E-state index contributed by atoms with van der Waals surface area (Å²) in [6.45, 7) is 5.00. The van der Waals surface area contributed by atoms with Crippen LogP contribution in [-0.4, -0.2) is 59.7 Å². The zero-order valence-electron chi connectivity index (χ0n) is 14.3. The summed E-state index contributed by atoms with van der Waals surface area (Å²) in [7, 11) is 0. The number of carbonyl (C=O) groups excluding carboxylic acids is 1. The Hall–Kier alpha value is -1.69. The summed E-state index contributed by atoms with van der Waals surface area (Å²) in [5.74, 6) is 0.185. The molecule has 0 atom stereocenters. The van der Waals surface area contributed by atoms with E-state index in [1.165, 1.54) is 0 Å². The maximum atomic E-state index is 12.8. The van der Waals surface area contributed by atoms with Gasteiger partial charge in [-0.2, -0.15) is 0 Å². The van der Waals surface area contributed by atoms with E-state index in [0.29, 0.717) is 19.6 Å². The highest BCUT2D eigenvalue weighted by Crippen LogP contribution is 2.23. The average Bonchev–Trinajstić information content (AvgIpc) is 2.92. The summed E-state index contributed by atoms with van der Waals surface area (Å²) >= 11 is 0. The van der Waals surface area contributed by atoms with Gasteiger partial charge < -0.3 is 14.8 Å². The van der Waals surface area contributed by atoms with Gasteiger partial charge >= 0.3 is 0 Å². The van der Waals surface area contributed by atoms with Crippen molar-refractivity contribution >= 4 is 16.7 Å². The maximum absolute atomic E-state index is 12.8. The van der Waals surface area contributed by atoms with Crippen LogP contribution in [0.4, 0.5) is 0 Å². The van der Waals surface area contributed by atoms with Gasteiger partial charge in [-0.05, 0) is 32.3 Å². The number of Topliss-reactive ketones (excluding diaryl/α,β-unsaturated/α-hetero) is 1. The minimum Gasteiger partial charge on any atom is -0.396 e. The fourth-order valence-corrected chi connectivity index (χ4v) is 3.47. The number of nitrogens with one attached hydrogen (secondary N) is 1. The number of para-hydroxylation sites is 1. The second kappa shape index (κ2) is 7.92. The van der Waals surface area contributed by atoms with Crippen LogP contribution in [0.2, 0.25) is 0 Å². The molecule has 1 aromatic heterocycles. The van der Waals surface area contributed by atoms with Crippen molar-refractivity contribution in [1.82, 2.24) is 9.88 Å². The van der Waals surface area contributed by atoms with Gasteiger partial charge in [0.2, 0.25) is 0 Å². The molecule has 0 spiro atoms. The van der Waals surface area contributed by atoms with Crippen LogP contribution in [0, 0.1) is 6.92 Å². The van der Waals surface area contributed by atoms with Crippen LogP contribution in [0.3, 0.4) is 0 Å². The van der Waals surface area contributed by atoms with Gasteiger partial charge in [-0.3, -0.25) is 9.69 Å². The molecule has 1 aromatic carbocycles. The van der Waals surface area contributed by atoms with Gasteiger partial charge in [0.15, 0.2) is 5.78 Å². The van der Waals surface area contributed by atoms with Crippen molar-refractivity contribution in [3.63, 3.8) is 0 Å². The van der Waals surface area contributed by atoms with Crippen LogP contribution in [0.1, 0.15) is 35.3 Å². The number of ketones is 1. The van der Waals surface area contributed by atoms with E-state index >= 15 is 0 Å². The molecule has 1 fully saturated rings. The summed E-state index contributed by atoms with van der Waals surface area (Å²) in [5.41, 5.74) is 2.80. The molecule has 0 amide bonds. The van der Waals surface area contributed by atoms with Gasteiger partial charge in [-0.15, -0.1) is 0 Å². The number of aryl methyl sites for hydroxylation is 1. The first-order valence-electron chi connectivity index (χ1n) is 8.74. The van der Waals surface area contributed by atoms with E-state index in [-0.39, 0.29) is 18.5 Å². The van der Waals surface area contributed by atoms with Crippen molar-refractivity contribution in [2.45, 2.75) is 32.3 Å². The number of aromatic nitrogens is 1. The molecule has 130 valence electrons. The Labute approximate surface area is 142 Å². The van der Waals surface area contributed by atoms with E-state index in [0.717, 1.165) is 48.1 Å². The fourth-order valence-electron chi connectivity index (χ4n) is 3.47. The van der Waals surface area contributed by atoms with Gasteiger partial charge in [0.05, 0.1) is 12.6 Å². The number of benzene rings is 1. The van der Waals surface area contributed by atoms with E-state index in [4.69, 9.17) is 9.84 Å². The molecule has 24 heavy (non-hydrogen) atoms. The largest absolute Gasteiger partial charge is 0.396 e. The second-order valence-corrected chi connectivity index (χ2v) is 6.52. The van der Waals surface area contributed by atoms with Crippen molar-refractivity contribution in [3.05, 3.63) is 35.5 Å². The summed E-state index contributed by atoms with van der Waals surface area (Å²) in [5, 5.41) is 9.81. The molecule has 2 aromatic rings. The highest BCUT2D eigenvalue weighted by molar-refractivity contribution is 6.10. The Morgan fingerprint density at radius 2 is 2.08 bits per heavy atom. The molecule has 1 saturated heterocycles. The van der Waals surface area contributed by atoms with Crippen LogP contribution in [-0.2, 0) is 4.74 Å². The van der Waals surface area contributed by atoms with Crippen molar-refractivity contribution in [3.8, 4) is 0 Å². The number of aliphatic hydroxyl groups excluding tert-OH is 1. The highest BCUT2D eigenvalue weighted by atomic mass is 16.5. The maximum Gasteiger partial charge on any atom is 0.179 e. The number of rotatable bonds is 7. The number of hydrogen-bond acceptors (Lipinski definition) is 4. The first-order chi connectivity index (χ1) is 11.7. The molecule has 0 aliphatic carbocycles. The van der Waals surface area contributed by atoms with Crippen molar-refractivity contribution in [1.29, 1.82) is 0 Å². The number of hydrogen-bond donors (Lipinski definition) is 2. The number of piperidine rings is 1. The lowest BCUT2D eigenvalue weighted by atomic mass is 10.0. The molecule has 2 heterocycles. The quantitative estimate of drug-likeness (QED) is 0.605. The van der Waals surface area contributed by atoms with E-state index < -0.39 is 0 Å². The Morgan fingerprint density at radius 3 is 2.83 bits per heavy atom. The molecule has 3 rings (SSSR count). The lowest BCUT2D eigenvalue weighted by molar-refractivity contribution is 0.00298. The van der Waals surface area contributed by atoms with Crippen LogP contribution < -0.4 is 0 Å². The Bertz CT molecular complexity index is 687. The zero-order chi connectivity index (χ0) is 16.9. The molecule has 0 saturated carbocycles. The number of H-pyrrole nitrogens is 1. The summed E-state index contributed by atoms with van der Waals surface area (Å²) in [6.07, 6.45) is 2.85. The Kier molecular flexibility index (Phi) is 5.66. The topological polar surface area (TPSA) is 65.6 Å². The highest BCUT2D eigenvalue weighted by Gasteiger charge is 2.23. The monoisotopic (exact) mass is 330 g/mol. The fraction of sp³-hybridized carbons (Fsp3) is 0.526. The Morgan fingerprint density at radius 1 is 1.33 bits per heavy atom. The van der Waals surface area contributed by atoms with Crippen LogP contribution in [0.15, 0.2) is 24.3 Å². The van der Waals surface area contributed by atoms with Crippen LogP contribution in [0.25, 0.3) is 10.9 Å². The van der Waals surface area contributed by atoms with Gasteiger partial charge in [0.25, 0.3) is 0 Å². The molecular formula is C19H26N2O3. The third kappa shape index (κ3) is 3.86. The zero-order valence-corrected chi connectivity index (χ0v) is 14.3. The SMILES string of the molecule is Cc1[nH]c2ccccc2c1C(=O)CN1CCC(OCCCO)CC1. The normalized spacial score (nSPS) is 16.8. The van der Waals surface area contributed by atoms with Crippen molar-refractivity contribution in [2.24, 2.45) is 0 Å². The molecule has 2 N–H and O–H groups in total. The second-order valence-electron chi connectivity index (χ2n) is 6.52. The molecule has 0 radical (unpaired) electrons. The third-order valence-corrected chi connectivity index (χ3v) is 4.73. The lowest BCUT2D eigenvalue weighted by Crippen LogP contribution is -2.40. The summed E-state index contributed by atoms with van der Waals surface area (Å²) in [4.78, 5) is 18.3. The van der Waals surface area contributed by atoms with Gasteiger partial charge in [-0.25, -0.2) is 0 Å². The number of ether oxygens (including phenoxy) is 1. The van der Waals surface area contributed by atoms with E-state index in [1.807, 2.05) is 31.2 Å². The third-order valence-electron chi connectivity index (χ3n) is 4.73. The number of aliphatic hydroxyl groups is 1. The van der Waals surface area contributed by atoms with Gasteiger partial charge in [-0.1, -0.05) is 18.2 Å². The van der Waals surface area contributed by atoms with Crippen molar-refractivity contribution in [2.75, 3.05) is 32.8 Å². The van der Waals surface area contributed by atoms with E-state index in [1.54, 1.807) is 0 Å². The summed E-state index contributed by atoms with van der Waals surface area (Å²) in [6, 6.07) is 7.97. The van der Waals surface area contributed by atoms with Crippen LogP contribution in [0.5, 0.6) is 0 Å². The smallest absolute Gasteiger partial charge is 0.179 e. The molecule has 0 unspecified atom stereocenters. The Balaban J connectivity index is 1.57. The minimum atomic E-state index is 0.178. The number of fused-ring (bicyclic) bond motifs is 1. The first kappa shape index (κ1) is 17.1. The molecular weight excluding hydrogens is 304 g/mol. The number of nitrogens with zero attached hydrogens (tertiary/aromatic N) is 1. The molecule has 0 bridgehead atoms. The van der Waals surface area contributed by atoms with E-state index in [2.05, 4.69) is 9.88 Å². The minimum absolute atomic E-state index is 0.178. The average molecular weight is 330 g/mol. The lowest BCUT2D eigenvalue weighted by Gasteiger charge is -2.31. The van der Waals surface area contributed by atoms with Gasteiger partial charge in [0.1, 0.15) is 0 Å². The number of likely N-dealkylation sites (tertiary alicyclic amines) is 1. The number of carbonyl (C=O) groups is 1. The van der Waals surface area contributed by atoms with E-state index in [9.17, 15) is 4.79 Å². The molecule has 5 heteroatoms. The predicted molar refractivity (Wildman–Crippen MR) is 94.5 cm³/mol. The number of aromatic amines is 1. The predicted octanol–water partition coefficient (Wildman–Crippen LogP) is 2.52. The molecule has 1 aliphatic heterocycles. The summed E-state index contributed by atoms with van der Waals surface area (Å²) < 4.78 is 5.75. The van der Waals surface area contributed by atoms with Gasteiger partial charge in [0, 0.05) is 48.5 Å². The molecule has 5 nitrogen and oxygen atoms in total. The molecule has 1 aliphatic rings.